The molecular formula is C24H27N7O2. The molecule has 0 radical (unpaired) electrons. The average Bonchev–Trinajstić information content (AvgIpc) is 3.21. The van der Waals surface area contributed by atoms with Crippen LogP contribution in [0.15, 0.2) is 55.0 Å². The maximum Gasteiger partial charge on any atom is 0.227 e. The zero-order valence-electron chi connectivity index (χ0n) is 18.7. The van der Waals surface area contributed by atoms with Crippen LogP contribution >= 0.6 is 0 Å². The van der Waals surface area contributed by atoms with Crippen LogP contribution in [0.5, 0.6) is 0 Å². The fourth-order valence-corrected chi connectivity index (χ4v) is 3.64. The molecule has 1 fully saturated rings. The SMILES string of the molecule is Cc1ccc(N2CC(C(=O)NCCNc3cc(Nc4ccccn4)ncn3)CC2=O)cc1C. The van der Waals surface area contributed by atoms with Crippen LogP contribution in [0.3, 0.4) is 0 Å². The number of aromatic nitrogens is 3. The fraction of sp³-hybridized carbons (Fsp3) is 0.292. The van der Waals surface area contributed by atoms with Gasteiger partial charge in [0.15, 0.2) is 0 Å². The molecule has 0 spiro atoms. The Morgan fingerprint density at radius 3 is 2.64 bits per heavy atom. The standard InChI is InChI=1S/C24H27N7O2/c1-16-6-7-19(11-17(16)2)31-14-18(12-23(31)32)24(33)27-10-9-26-21-13-22(29-15-28-21)30-20-5-3-4-8-25-20/h3-8,11,13,15,18H,9-10,12,14H2,1-2H3,(H,27,33)(H2,25,26,28,29,30). The number of carbonyl (C=O) groups excluding carboxylic acids is 2. The molecule has 1 unspecified atom stereocenters. The molecule has 3 heterocycles. The van der Waals surface area contributed by atoms with E-state index < -0.39 is 0 Å². The van der Waals surface area contributed by atoms with Gasteiger partial charge in [-0.2, -0.15) is 0 Å². The van der Waals surface area contributed by atoms with Gasteiger partial charge in [0.05, 0.1) is 5.92 Å². The van der Waals surface area contributed by atoms with Gasteiger partial charge in [0.1, 0.15) is 23.8 Å². The van der Waals surface area contributed by atoms with Crippen molar-refractivity contribution in [1.82, 2.24) is 20.3 Å². The van der Waals surface area contributed by atoms with E-state index in [9.17, 15) is 9.59 Å². The van der Waals surface area contributed by atoms with Crippen LogP contribution in [0.25, 0.3) is 0 Å². The lowest BCUT2D eigenvalue weighted by Gasteiger charge is -2.18. The van der Waals surface area contributed by atoms with Crippen molar-refractivity contribution in [2.75, 3.05) is 35.2 Å². The Morgan fingerprint density at radius 1 is 1.00 bits per heavy atom. The van der Waals surface area contributed by atoms with Gasteiger partial charge in [0.2, 0.25) is 11.8 Å². The first-order valence-corrected chi connectivity index (χ1v) is 10.9. The summed E-state index contributed by atoms with van der Waals surface area (Å²) in [5, 5.41) is 9.19. The number of anilines is 4. The van der Waals surface area contributed by atoms with Crippen molar-refractivity contribution in [3.05, 3.63) is 66.1 Å². The molecular weight excluding hydrogens is 418 g/mol. The predicted molar refractivity (Wildman–Crippen MR) is 127 cm³/mol. The van der Waals surface area contributed by atoms with Crippen molar-refractivity contribution < 1.29 is 9.59 Å². The van der Waals surface area contributed by atoms with Crippen LogP contribution in [0.4, 0.5) is 23.1 Å². The first-order chi connectivity index (χ1) is 16.0. The Labute approximate surface area is 192 Å². The van der Waals surface area contributed by atoms with Crippen LogP contribution in [0, 0.1) is 19.8 Å². The Morgan fingerprint density at radius 2 is 1.85 bits per heavy atom. The molecule has 1 saturated heterocycles. The summed E-state index contributed by atoms with van der Waals surface area (Å²) >= 11 is 0. The molecule has 3 N–H and O–H groups in total. The highest BCUT2D eigenvalue weighted by Gasteiger charge is 2.35. The fourth-order valence-electron chi connectivity index (χ4n) is 3.64. The molecule has 0 bridgehead atoms. The first kappa shape index (κ1) is 22.2. The van der Waals surface area contributed by atoms with Crippen LogP contribution < -0.4 is 20.9 Å². The smallest absolute Gasteiger partial charge is 0.227 e. The number of aryl methyl sites for hydroxylation is 2. The van der Waals surface area contributed by atoms with Gasteiger partial charge in [0, 0.05) is 44.0 Å². The van der Waals surface area contributed by atoms with Crippen LogP contribution in [0.1, 0.15) is 17.5 Å². The second-order valence-corrected chi connectivity index (χ2v) is 8.02. The number of hydrogen-bond acceptors (Lipinski definition) is 7. The number of nitrogens with one attached hydrogen (secondary N) is 3. The summed E-state index contributed by atoms with van der Waals surface area (Å²) in [5.41, 5.74) is 3.15. The Balaban J connectivity index is 1.24. The molecule has 170 valence electrons. The highest BCUT2D eigenvalue weighted by Crippen LogP contribution is 2.27. The first-order valence-electron chi connectivity index (χ1n) is 10.9. The normalized spacial score (nSPS) is 15.4. The van der Waals surface area contributed by atoms with E-state index in [4.69, 9.17) is 0 Å². The molecule has 1 aliphatic heterocycles. The number of carbonyl (C=O) groups is 2. The minimum absolute atomic E-state index is 0.0227. The van der Waals surface area contributed by atoms with Gasteiger partial charge in [-0.05, 0) is 49.2 Å². The second-order valence-electron chi connectivity index (χ2n) is 8.02. The Bertz CT molecular complexity index is 1140. The van der Waals surface area contributed by atoms with Crippen molar-refractivity contribution in [2.24, 2.45) is 5.92 Å². The topological polar surface area (TPSA) is 112 Å². The number of pyridine rings is 1. The van der Waals surface area contributed by atoms with Gasteiger partial charge in [-0.1, -0.05) is 12.1 Å². The lowest BCUT2D eigenvalue weighted by molar-refractivity contribution is -0.126. The summed E-state index contributed by atoms with van der Waals surface area (Å²) in [5.74, 6) is 1.45. The highest BCUT2D eigenvalue weighted by molar-refractivity contribution is 6.00. The summed E-state index contributed by atoms with van der Waals surface area (Å²) in [6.07, 6.45) is 3.38. The number of amides is 2. The van der Waals surface area contributed by atoms with E-state index in [1.165, 1.54) is 11.9 Å². The summed E-state index contributed by atoms with van der Waals surface area (Å²) in [4.78, 5) is 39.4. The third-order valence-corrected chi connectivity index (χ3v) is 5.62. The molecule has 1 aliphatic rings. The number of nitrogens with zero attached hydrogens (tertiary/aromatic N) is 4. The van der Waals surface area contributed by atoms with Crippen molar-refractivity contribution in [3.63, 3.8) is 0 Å². The number of hydrogen-bond donors (Lipinski definition) is 3. The molecule has 2 aromatic heterocycles. The minimum Gasteiger partial charge on any atom is -0.368 e. The van der Waals surface area contributed by atoms with Crippen molar-refractivity contribution in [3.8, 4) is 0 Å². The van der Waals surface area contributed by atoms with Crippen LogP contribution in [-0.4, -0.2) is 46.4 Å². The van der Waals surface area contributed by atoms with Gasteiger partial charge in [-0.25, -0.2) is 15.0 Å². The molecule has 1 atom stereocenters. The molecule has 1 aromatic carbocycles. The Kier molecular flexibility index (Phi) is 6.77. The average molecular weight is 446 g/mol. The lowest BCUT2D eigenvalue weighted by Crippen LogP contribution is -2.35. The maximum absolute atomic E-state index is 12.6. The van der Waals surface area contributed by atoms with Gasteiger partial charge in [-0.3, -0.25) is 9.59 Å². The summed E-state index contributed by atoms with van der Waals surface area (Å²) < 4.78 is 0. The van der Waals surface area contributed by atoms with E-state index in [1.54, 1.807) is 17.2 Å². The lowest BCUT2D eigenvalue weighted by atomic mass is 10.1. The molecule has 9 nitrogen and oxygen atoms in total. The van der Waals surface area contributed by atoms with E-state index in [1.807, 2.05) is 50.2 Å². The van der Waals surface area contributed by atoms with E-state index in [0.29, 0.717) is 37.1 Å². The number of benzene rings is 1. The second kappa shape index (κ2) is 10.1. The monoisotopic (exact) mass is 445 g/mol. The largest absolute Gasteiger partial charge is 0.368 e. The number of rotatable bonds is 8. The van der Waals surface area contributed by atoms with Gasteiger partial charge >= 0.3 is 0 Å². The zero-order valence-corrected chi connectivity index (χ0v) is 18.7. The molecule has 3 aromatic rings. The zero-order chi connectivity index (χ0) is 23.2. The molecule has 2 amide bonds. The van der Waals surface area contributed by atoms with Gasteiger partial charge in [-0.15, -0.1) is 0 Å². The predicted octanol–water partition coefficient (Wildman–Crippen LogP) is 2.81. The molecule has 9 heteroatoms. The minimum atomic E-state index is -0.354. The van der Waals surface area contributed by atoms with Gasteiger partial charge < -0.3 is 20.9 Å². The third-order valence-electron chi connectivity index (χ3n) is 5.62. The maximum atomic E-state index is 12.6. The van der Waals surface area contributed by atoms with Crippen molar-refractivity contribution in [1.29, 1.82) is 0 Å². The molecule has 0 saturated carbocycles. The summed E-state index contributed by atoms with van der Waals surface area (Å²) in [6, 6.07) is 13.3. The quantitative estimate of drug-likeness (QED) is 0.457. The Hall–Kier alpha value is -4.01. The molecule has 4 rings (SSSR count). The summed E-state index contributed by atoms with van der Waals surface area (Å²) in [6.45, 7) is 5.36. The molecule has 0 aliphatic carbocycles. The van der Waals surface area contributed by atoms with E-state index in [-0.39, 0.29) is 24.2 Å². The van der Waals surface area contributed by atoms with Crippen LogP contribution in [0.2, 0.25) is 0 Å². The van der Waals surface area contributed by atoms with E-state index >= 15 is 0 Å². The van der Waals surface area contributed by atoms with E-state index in [2.05, 4.69) is 30.9 Å². The van der Waals surface area contributed by atoms with Crippen molar-refractivity contribution in [2.45, 2.75) is 20.3 Å². The third kappa shape index (κ3) is 5.62. The highest BCUT2D eigenvalue weighted by atomic mass is 16.2. The van der Waals surface area contributed by atoms with Crippen molar-refractivity contribution >= 4 is 35.0 Å². The summed E-state index contributed by atoms with van der Waals surface area (Å²) in [7, 11) is 0. The molecule has 33 heavy (non-hydrogen) atoms. The van der Waals surface area contributed by atoms with Gasteiger partial charge in [0.25, 0.3) is 0 Å². The van der Waals surface area contributed by atoms with Crippen LogP contribution in [-0.2, 0) is 9.59 Å². The van der Waals surface area contributed by atoms with E-state index in [0.717, 1.165) is 11.3 Å².